The van der Waals surface area contributed by atoms with Crippen LogP contribution in [-0.4, -0.2) is 60.8 Å². The van der Waals surface area contributed by atoms with Gasteiger partial charge in [-0.25, -0.2) is 0 Å². The van der Waals surface area contributed by atoms with Crippen molar-refractivity contribution < 1.29 is 27.5 Å². The molecule has 0 unspecified atom stereocenters. The zero-order valence-corrected chi connectivity index (χ0v) is 19.7. The number of hydrogen-bond acceptors (Lipinski definition) is 5. The van der Waals surface area contributed by atoms with Crippen LogP contribution >= 0.6 is 23.8 Å². The maximum Gasteiger partial charge on any atom is 0.471 e. The maximum absolute atomic E-state index is 12.6. The molecule has 34 heavy (non-hydrogen) atoms. The van der Waals surface area contributed by atoms with Crippen molar-refractivity contribution in [1.82, 2.24) is 10.2 Å². The molecule has 12 heteroatoms. The van der Waals surface area contributed by atoms with Crippen LogP contribution in [0.15, 0.2) is 42.5 Å². The minimum Gasteiger partial charge on any atom is -0.484 e. The first-order valence-electron chi connectivity index (χ1n) is 10.2. The third-order valence-corrected chi connectivity index (χ3v) is 5.47. The van der Waals surface area contributed by atoms with Crippen LogP contribution in [0.1, 0.15) is 5.56 Å². The van der Waals surface area contributed by atoms with E-state index >= 15 is 0 Å². The molecule has 0 bridgehead atoms. The van der Waals surface area contributed by atoms with Crippen LogP contribution in [0.5, 0.6) is 5.75 Å². The molecule has 7 nitrogen and oxygen atoms in total. The fraction of sp³-hybridized carbons (Fsp3) is 0.318. The number of alkyl halides is 3. The zero-order valence-electron chi connectivity index (χ0n) is 18.1. The lowest BCUT2D eigenvalue weighted by Gasteiger charge is -2.36. The lowest BCUT2D eigenvalue weighted by atomic mass is 10.2. The van der Waals surface area contributed by atoms with Crippen LogP contribution in [-0.2, 0) is 9.59 Å². The molecule has 0 spiro atoms. The van der Waals surface area contributed by atoms with E-state index in [9.17, 15) is 22.8 Å². The fourth-order valence-corrected chi connectivity index (χ4v) is 3.88. The molecule has 1 fully saturated rings. The minimum absolute atomic E-state index is 0.0564. The average Bonchev–Trinajstić information content (AvgIpc) is 2.77. The molecule has 182 valence electrons. The molecule has 0 saturated carbocycles. The molecule has 1 saturated heterocycles. The molecule has 2 aromatic rings. The number of nitrogens with zero attached hydrogens (tertiary/aromatic N) is 2. The minimum atomic E-state index is -4.88. The first-order chi connectivity index (χ1) is 16.0. The van der Waals surface area contributed by atoms with Gasteiger partial charge in [-0.05, 0) is 55.0 Å². The van der Waals surface area contributed by atoms with Crippen LogP contribution in [0.2, 0.25) is 5.02 Å². The van der Waals surface area contributed by atoms with Crippen molar-refractivity contribution in [1.29, 1.82) is 0 Å². The predicted molar refractivity (Wildman–Crippen MR) is 127 cm³/mol. The SMILES string of the molecule is Cc1cccc(OCC(=O)NC(=S)Nc2ccc(N3CCN(C(=O)C(F)(F)F)CC3)c(Cl)c2)c1. The molecule has 0 atom stereocenters. The highest BCUT2D eigenvalue weighted by atomic mass is 35.5. The first-order valence-corrected chi connectivity index (χ1v) is 11.0. The van der Waals surface area contributed by atoms with E-state index in [0.29, 0.717) is 22.1 Å². The van der Waals surface area contributed by atoms with Crippen molar-refractivity contribution in [3.05, 3.63) is 53.1 Å². The van der Waals surface area contributed by atoms with Crippen molar-refractivity contribution in [3.63, 3.8) is 0 Å². The van der Waals surface area contributed by atoms with E-state index in [1.807, 2.05) is 19.1 Å². The summed E-state index contributed by atoms with van der Waals surface area (Å²) >= 11 is 11.5. The number of anilines is 2. The number of thiocarbonyl (C=S) groups is 1. The molecule has 2 amide bonds. The number of halogens is 4. The summed E-state index contributed by atoms with van der Waals surface area (Å²) in [7, 11) is 0. The van der Waals surface area contributed by atoms with E-state index < -0.39 is 18.0 Å². The van der Waals surface area contributed by atoms with E-state index in [0.717, 1.165) is 10.5 Å². The molecule has 1 heterocycles. The number of benzene rings is 2. The fourth-order valence-electron chi connectivity index (χ4n) is 3.35. The smallest absolute Gasteiger partial charge is 0.471 e. The van der Waals surface area contributed by atoms with Crippen molar-refractivity contribution >= 4 is 52.1 Å². The molecule has 2 aromatic carbocycles. The van der Waals surface area contributed by atoms with E-state index in [1.54, 1.807) is 35.2 Å². The van der Waals surface area contributed by atoms with Gasteiger partial charge in [0.1, 0.15) is 5.75 Å². The molecule has 0 aromatic heterocycles. The second-order valence-corrected chi connectivity index (χ2v) is 8.37. The highest BCUT2D eigenvalue weighted by molar-refractivity contribution is 7.80. The summed E-state index contributed by atoms with van der Waals surface area (Å²) in [6, 6.07) is 12.2. The third-order valence-electron chi connectivity index (χ3n) is 4.97. The molecule has 1 aliphatic rings. The summed E-state index contributed by atoms with van der Waals surface area (Å²) in [6.45, 7) is 2.00. The Balaban J connectivity index is 1.49. The van der Waals surface area contributed by atoms with E-state index in [2.05, 4.69) is 10.6 Å². The van der Waals surface area contributed by atoms with Gasteiger partial charge < -0.3 is 19.9 Å². The van der Waals surface area contributed by atoms with Crippen molar-refractivity contribution in [2.75, 3.05) is 43.0 Å². The number of amides is 2. The van der Waals surface area contributed by atoms with Gasteiger partial charge >= 0.3 is 12.1 Å². The van der Waals surface area contributed by atoms with Gasteiger partial charge in [0.15, 0.2) is 11.7 Å². The first kappa shape index (κ1) is 25.6. The highest BCUT2D eigenvalue weighted by Crippen LogP contribution is 2.30. The molecule has 1 aliphatic heterocycles. The number of piperazine rings is 1. The van der Waals surface area contributed by atoms with E-state index in [4.69, 9.17) is 28.6 Å². The van der Waals surface area contributed by atoms with E-state index in [1.165, 1.54) is 0 Å². The van der Waals surface area contributed by atoms with Crippen molar-refractivity contribution in [3.8, 4) is 5.75 Å². The number of ether oxygens (including phenoxy) is 1. The molecular formula is C22H22ClF3N4O3S. The van der Waals surface area contributed by atoms with Gasteiger partial charge in [-0.15, -0.1) is 0 Å². The topological polar surface area (TPSA) is 73.9 Å². The summed E-state index contributed by atoms with van der Waals surface area (Å²) in [5.41, 5.74) is 2.14. The second kappa shape index (κ2) is 10.9. The number of carbonyl (C=O) groups is 2. The van der Waals surface area contributed by atoms with Crippen LogP contribution in [0.25, 0.3) is 0 Å². The maximum atomic E-state index is 12.6. The Hall–Kier alpha value is -3.05. The quantitative estimate of drug-likeness (QED) is 0.592. The van der Waals surface area contributed by atoms with Gasteiger partial charge in [-0.3, -0.25) is 14.9 Å². The number of rotatable bonds is 5. The van der Waals surface area contributed by atoms with E-state index in [-0.39, 0.29) is 37.9 Å². The Bertz CT molecular complexity index is 1080. The predicted octanol–water partition coefficient (Wildman–Crippen LogP) is 3.75. The average molecular weight is 515 g/mol. The molecule has 2 N–H and O–H groups in total. The largest absolute Gasteiger partial charge is 0.484 e. The monoisotopic (exact) mass is 514 g/mol. The summed E-state index contributed by atoms with van der Waals surface area (Å²) < 4.78 is 43.2. The Kier molecular flexibility index (Phi) is 8.21. The van der Waals surface area contributed by atoms with Gasteiger partial charge in [0.25, 0.3) is 5.91 Å². The standard InChI is InChI=1S/C22H22ClF3N4O3S/c1-14-3-2-4-16(11-14)33-13-19(31)28-21(34)27-15-5-6-18(17(23)12-15)29-7-9-30(10-8-29)20(32)22(24,25)26/h2-6,11-12H,7-10,13H2,1H3,(H2,27,28,31,34). The lowest BCUT2D eigenvalue weighted by molar-refractivity contribution is -0.185. The summed E-state index contributed by atoms with van der Waals surface area (Å²) in [4.78, 5) is 26.0. The van der Waals surface area contributed by atoms with Crippen molar-refractivity contribution in [2.24, 2.45) is 0 Å². The molecule has 0 aliphatic carbocycles. The van der Waals surface area contributed by atoms with Crippen LogP contribution in [0, 0.1) is 6.92 Å². The Labute approximate surface area is 204 Å². The molecule has 0 radical (unpaired) electrons. The van der Waals surface area contributed by atoms with Gasteiger partial charge in [0, 0.05) is 31.9 Å². The summed E-state index contributed by atoms with van der Waals surface area (Å²) in [6.07, 6.45) is -4.88. The van der Waals surface area contributed by atoms with Crippen LogP contribution in [0.3, 0.4) is 0 Å². The number of nitrogens with one attached hydrogen (secondary N) is 2. The highest BCUT2D eigenvalue weighted by Gasteiger charge is 2.43. The summed E-state index contributed by atoms with van der Waals surface area (Å²) in [5, 5.41) is 5.77. The Morgan fingerprint density at radius 2 is 1.82 bits per heavy atom. The van der Waals surface area contributed by atoms with Gasteiger partial charge in [0.2, 0.25) is 0 Å². The Morgan fingerprint density at radius 3 is 2.44 bits per heavy atom. The van der Waals surface area contributed by atoms with Gasteiger partial charge in [-0.1, -0.05) is 23.7 Å². The van der Waals surface area contributed by atoms with Crippen LogP contribution in [0.4, 0.5) is 24.5 Å². The molecular weight excluding hydrogens is 493 g/mol. The van der Waals surface area contributed by atoms with Gasteiger partial charge in [-0.2, -0.15) is 13.2 Å². The third kappa shape index (κ3) is 6.97. The number of hydrogen-bond donors (Lipinski definition) is 2. The second-order valence-electron chi connectivity index (χ2n) is 7.55. The Morgan fingerprint density at radius 1 is 1.12 bits per heavy atom. The molecule has 3 rings (SSSR count). The van der Waals surface area contributed by atoms with Gasteiger partial charge in [0.05, 0.1) is 10.7 Å². The number of carbonyl (C=O) groups excluding carboxylic acids is 2. The summed E-state index contributed by atoms with van der Waals surface area (Å²) in [5.74, 6) is -1.70. The lowest BCUT2D eigenvalue weighted by Crippen LogP contribution is -2.52. The van der Waals surface area contributed by atoms with Crippen molar-refractivity contribution in [2.45, 2.75) is 13.1 Å². The zero-order chi connectivity index (χ0) is 24.9. The van der Waals surface area contributed by atoms with Crippen LogP contribution < -0.4 is 20.3 Å². The normalized spacial score (nSPS) is 13.9. The number of aryl methyl sites for hydroxylation is 1.